The number of ether oxygens (including phenoxy) is 4. The molecule has 204 valence electrons. The summed E-state index contributed by atoms with van der Waals surface area (Å²) >= 11 is 0. The Kier molecular flexibility index (Phi) is 12.7. The van der Waals surface area contributed by atoms with E-state index in [0.717, 1.165) is 58.0 Å². The van der Waals surface area contributed by atoms with Crippen LogP contribution < -0.4 is 0 Å². The van der Waals surface area contributed by atoms with Gasteiger partial charge in [-0.1, -0.05) is 40.0 Å². The molecule has 0 aromatic carbocycles. The summed E-state index contributed by atoms with van der Waals surface area (Å²) in [5.74, 6) is -0.0819. The molecule has 1 saturated carbocycles. The summed E-state index contributed by atoms with van der Waals surface area (Å²) in [6, 6.07) is 0. The summed E-state index contributed by atoms with van der Waals surface area (Å²) in [5.41, 5.74) is -0.0686. The number of hydrogen-bond donors (Lipinski definition) is 0. The van der Waals surface area contributed by atoms with Crippen molar-refractivity contribution >= 4 is 21.0 Å². The molecule has 0 spiro atoms. The van der Waals surface area contributed by atoms with E-state index in [1.54, 1.807) is 0 Å². The van der Waals surface area contributed by atoms with Crippen molar-refractivity contribution in [3.05, 3.63) is 0 Å². The van der Waals surface area contributed by atoms with Crippen LogP contribution in [0.3, 0.4) is 0 Å². The van der Waals surface area contributed by atoms with Crippen LogP contribution in [0.15, 0.2) is 0 Å². The average Bonchev–Trinajstić information content (AvgIpc) is 3.09. The quantitative estimate of drug-likeness (QED) is 0.185. The predicted octanol–water partition coefficient (Wildman–Crippen LogP) is 5.39. The van der Waals surface area contributed by atoms with Crippen LogP contribution in [0, 0.1) is 17.3 Å². The van der Waals surface area contributed by atoms with Crippen molar-refractivity contribution in [2.24, 2.45) is 17.3 Å². The zero-order valence-corrected chi connectivity index (χ0v) is 24.3. The number of unbranched alkanes of at least 4 members (excludes halogenated alkanes) is 3. The third-order valence-corrected chi connectivity index (χ3v) is 8.00. The number of carbonyl (C=O) groups excluding carboxylic acids is 2. The van der Waals surface area contributed by atoms with E-state index in [1.165, 1.54) is 14.0 Å². The molecule has 35 heavy (non-hydrogen) atoms. The fourth-order valence-corrected chi connectivity index (χ4v) is 6.84. The van der Waals surface area contributed by atoms with E-state index in [4.69, 9.17) is 23.4 Å². The minimum absolute atomic E-state index is 0.0210. The number of hydrogen-bond acceptors (Lipinski definition) is 7. The molecule has 1 saturated heterocycles. The van der Waals surface area contributed by atoms with Gasteiger partial charge in [0.25, 0.3) is 0 Å². The van der Waals surface area contributed by atoms with Crippen LogP contribution in [0.4, 0.5) is 0 Å². The standard InChI is InChI=1S/C27H50O7Si/c1-19(28)32-21-18-22(33-24-16-12-13-17-31-24)25(26(27(2,3)4)34-35(6)7)20(21)14-10-8-9-11-15-23(29)30-5/h20-22,24-26,35H,8-18H2,1-7H3. The van der Waals surface area contributed by atoms with Gasteiger partial charge in [-0.3, -0.25) is 9.59 Å². The minimum Gasteiger partial charge on any atom is -0.469 e. The lowest BCUT2D eigenvalue weighted by Crippen LogP contribution is -2.47. The highest BCUT2D eigenvalue weighted by Crippen LogP contribution is 2.47. The van der Waals surface area contributed by atoms with Gasteiger partial charge in [-0.2, -0.15) is 0 Å². The molecule has 2 fully saturated rings. The number of methoxy groups -OCH3 is 1. The smallest absolute Gasteiger partial charge is 0.305 e. The van der Waals surface area contributed by atoms with Gasteiger partial charge < -0.3 is 23.4 Å². The van der Waals surface area contributed by atoms with Crippen LogP contribution in [0.25, 0.3) is 0 Å². The van der Waals surface area contributed by atoms with E-state index < -0.39 is 9.04 Å². The highest BCUT2D eigenvalue weighted by molar-refractivity contribution is 6.48. The molecular weight excluding hydrogens is 464 g/mol. The first-order valence-corrected chi connectivity index (χ1v) is 16.5. The molecule has 7 nitrogen and oxygen atoms in total. The molecule has 8 heteroatoms. The molecule has 0 amide bonds. The van der Waals surface area contributed by atoms with E-state index in [-0.39, 0.29) is 53.8 Å². The van der Waals surface area contributed by atoms with Crippen molar-refractivity contribution in [1.29, 1.82) is 0 Å². The molecule has 2 rings (SSSR count). The lowest BCUT2D eigenvalue weighted by molar-refractivity contribution is -0.205. The van der Waals surface area contributed by atoms with Gasteiger partial charge in [0.2, 0.25) is 0 Å². The van der Waals surface area contributed by atoms with Crippen LogP contribution in [0.1, 0.15) is 91.9 Å². The summed E-state index contributed by atoms with van der Waals surface area (Å²) in [6.07, 6.45) is 8.66. The summed E-state index contributed by atoms with van der Waals surface area (Å²) < 4.78 is 29.9. The van der Waals surface area contributed by atoms with Gasteiger partial charge in [-0.05, 0) is 50.6 Å². The molecule has 1 heterocycles. The summed E-state index contributed by atoms with van der Waals surface area (Å²) in [4.78, 5) is 23.4. The van der Waals surface area contributed by atoms with Crippen LogP contribution in [0.2, 0.25) is 13.1 Å². The van der Waals surface area contributed by atoms with Crippen molar-refractivity contribution in [2.45, 2.75) is 130 Å². The molecule has 6 unspecified atom stereocenters. The van der Waals surface area contributed by atoms with Crippen LogP contribution in [0.5, 0.6) is 0 Å². The number of rotatable bonds is 13. The average molecular weight is 515 g/mol. The van der Waals surface area contributed by atoms with Gasteiger partial charge in [0, 0.05) is 38.2 Å². The van der Waals surface area contributed by atoms with E-state index in [9.17, 15) is 9.59 Å². The van der Waals surface area contributed by atoms with E-state index in [1.807, 2.05) is 0 Å². The molecule has 0 aromatic heterocycles. The van der Waals surface area contributed by atoms with Gasteiger partial charge in [-0.15, -0.1) is 0 Å². The Balaban J connectivity index is 2.20. The normalized spacial score (nSPS) is 28.2. The van der Waals surface area contributed by atoms with E-state index in [2.05, 4.69) is 33.9 Å². The SMILES string of the molecule is COC(=O)CCCCCCC1C(OC(C)=O)CC(OC2CCCCO2)C1C(O[SiH](C)C)C(C)(C)C. The first-order valence-electron chi connectivity index (χ1n) is 13.7. The van der Waals surface area contributed by atoms with Gasteiger partial charge in [0.1, 0.15) is 6.10 Å². The molecule has 2 aliphatic rings. The zero-order chi connectivity index (χ0) is 26.0. The predicted molar refractivity (Wildman–Crippen MR) is 139 cm³/mol. The molecule has 0 N–H and O–H groups in total. The molecule has 6 atom stereocenters. The Morgan fingerprint density at radius 3 is 2.34 bits per heavy atom. The summed E-state index contributed by atoms with van der Waals surface area (Å²) in [6.45, 7) is 13.4. The Morgan fingerprint density at radius 2 is 1.77 bits per heavy atom. The fraction of sp³-hybridized carbons (Fsp3) is 0.926. The molecule has 1 aliphatic heterocycles. The second-order valence-electron chi connectivity index (χ2n) is 11.6. The fourth-order valence-electron chi connectivity index (χ4n) is 5.66. The highest BCUT2D eigenvalue weighted by Gasteiger charge is 2.52. The zero-order valence-electron chi connectivity index (χ0n) is 23.2. The lowest BCUT2D eigenvalue weighted by atomic mass is 9.74. The maximum absolute atomic E-state index is 12.0. The van der Waals surface area contributed by atoms with Crippen LogP contribution in [-0.2, 0) is 33.0 Å². The largest absolute Gasteiger partial charge is 0.469 e. The van der Waals surface area contributed by atoms with Crippen molar-refractivity contribution in [3.8, 4) is 0 Å². The first kappa shape index (κ1) is 30.3. The van der Waals surface area contributed by atoms with Gasteiger partial charge in [0.05, 0.1) is 19.3 Å². The molecule has 0 radical (unpaired) electrons. The molecule has 1 aliphatic carbocycles. The summed E-state index contributed by atoms with van der Waals surface area (Å²) in [5, 5.41) is 0. The summed E-state index contributed by atoms with van der Waals surface area (Å²) in [7, 11) is 0.106. The highest BCUT2D eigenvalue weighted by atomic mass is 28.3. The van der Waals surface area contributed by atoms with Gasteiger partial charge >= 0.3 is 11.9 Å². The minimum atomic E-state index is -1.33. The second-order valence-corrected chi connectivity index (χ2v) is 14.0. The van der Waals surface area contributed by atoms with Crippen molar-refractivity contribution in [3.63, 3.8) is 0 Å². The topological polar surface area (TPSA) is 80.3 Å². The van der Waals surface area contributed by atoms with Crippen LogP contribution in [-0.4, -0.2) is 59.3 Å². The molecular formula is C27H50O7Si. The monoisotopic (exact) mass is 514 g/mol. The Morgan fingerprint density at radius 1 is 1.06 bits per heavy atom. The third-order valence-electron chi connectivity index (χ3n) is 7.17. The van der Waals surface area contributed by atoms with Crippen LogP contribution >= 0.6 is 0 Å². The van der Waals surface area contributed by atoms with Gasteiger partial charge in [-0.25, -0.2) is 0 Å². The first-order chi connectivity index (χ1) is 16.5. The second kappa shape index (κ2) is 14.7. The number of esters is 2. The van der Waals surface area contributed by atoms with Gasteiger partial charge in [0.15, 0.2) is 15.3 Å². The Bertz CT molecular complexity index is 642. The maximum Gasteiger partial charge on any atom is 0.305 e. The Labute approximate surface area is 214 Å². The van der Waals surface area contributed by atoms with E-state index in [0.29, 0.717) is 12.8 Å². The van der Waals surface area contributed by atoms with Crippen molar-refractivity contribution < 1.29 is 33.0 Å². The third kappa shape index (κ3) is 10.1. The van der Waals surface area contributed by atoms with Crippen molar-refractivity contribution in [2.75, 3.05) is 13.7 Å². The molecule has 0 bridgehead atoms. The lowest BCUT2D eigenvalue weighted by Gasteiger charge is -2.42. The van der Waals surface area contributed by atoms with E-state index >= 15 is 0 Å². The van der Waals surface area contributed by atoms with Crippen molar-refractivity contribution in [1.82, 2.24) is 0 Å². The molecule has 0 aromatic rings. The number of carbonyl (C=O) groups is 2. The Hall–Kier alpha value is -0.963. The maximum atomic E-state index is 12.0.